The highest BCUT2D eigenvalue weighted by Gasteiger charge is 2.14. The Labute approximate surface area is 125 Å². The van der Waals surface area contributed by atoms with Crippen LogP contribution in [0.1, 0.15) is 5.69 Å². The molecule has 20 heavy (non-hydrogen) atoms. The average molecular weight is 332 g/mol. The van der Waals surface area contributed by atoms with E-state index in [9.17, 15) is 14.9 Å². The van der Waals surface area contributed by atoms with Gasteiger partial charge in [0.1, 0.15) is 11.2 Å². The molecule has 0 saturated carbocycles. The van der Waals surface area contributed by atoms with E-state index < -0.39 is 10.9 Å². The number of rotatable bonds is 5. The molecule has 0 aliphatic rings. The summed E-state index contributed by atoms with van der Waals surface area (Å²) in [5, 5.41) is 21.4. The lowest BCUT2D eigenvalue weighted by Crippen LogP contribution is -1.99. The summed E-state index contributed by atoms with van der Waals surface area (Å²) in [5.41, 5.74) is 0.257. The van der Waals surface area contributed by atoms with E-state index in [-0.39, 0.29) is 17.1 Å². The Kier molecular flexibility index (Phi) is 4.53. The van der Waals surface area contributed by atoms with Crippen molar-refractivity contribution in [3.63, 3.8) is 0 Å². The van der Waals surface area contributed by atoms with Crippen LogP contribution in [0.25, 0.3) is 0 Å². The summed E-state index contributed by atoms with van der Waals surface area (Å²) in [5.74, 6) is -0.960. The van der Waals surface area contributed by atoms with Crippen LogP contribution in [0, 0.1) is 10.1 Å². The highest BCUT2D eigenvalue weighted by Crippen LogP contribution is 2.34. The van der Waals surface area contributed by atoms with Crippen molar-refractivity contribution in [1.29, 1.82) is 0 Å². The zero-order valence-corrected chi connectivity index (χ0v) is 12.0. The predicted octanol–water partition coefficient (Wildman–Crippen LogP) is 2.88. The Morgan fingerprint density at radius 2 is 2.35 bits per heavy atom. The lowest BCUT2D eigenvalue weighted by Gasteiger charge is -1.99. The van der Waals surface area contributed by atoms with Crippen LogP contribution in [0.2, 0.25) is 5.02 Å². The third-order valence-corrected chi connectivity index (χ3v) is 4.46. The minimum absolute atomic E-state index is 0.152. The number of thiazole rings is 1. The van der Waals surface area contributed by atoms with Crippen LogP contribution >= 0.6 is 34.7 Å². The zero-order chi connectivity index (χ0) is 14.7. The molecule has 0 aliphatic carbocycles. The monoisotopic (exact) mass is 331 g/mol. The molecule has 104 valence electrons. The molecule has 10 heteroatoms. The number of carboxylic acid groups (broad SMARTS) is 1. The fraction of sp³-hybridized carbons (Fsp3) is 0.100. The quantitative estimate of drug-likeness (QED) is 0.663. The second-order valence-electron chi connectivity index (χ2n) is 3.51. The number of carboxylic acids is 1. The van der Waals surface area contributed by atoms with Crippen molar-refractivity contribution in [1.82, 2.24) is 9.97 Å². The van der Waals surface area contributed by atoms with Crippen LogP contribution < -0.4 is 0 Å². The van der Waals surface area contributed by atoms with Crippen LogP contribution in [0.3, 0.4) is 0 Å². The molecule has 2 rings (SSSR count). The lowest BCUT2D eigenvalue weighted by molar-refractivity contribution is -0.385. The van der Waals surface area contributed by atoms with E-state index in [1.807, 2.05) is 0 Å². The Morgan fingerprint density at radius 3 is 2.95 bits per heavy atom. The van der Waals surface area contributed by atoms with Crippen molar-refractivity contribution in [2.75, 3.05) is 0 Å². The maximum absolute atomic E-state index is 10.6. The average Bonchev–Trinajstić information content (AvgIpc) is 2.78. The molecule has 0 radical (unpaired) electrons. The molecule has 0 atom stereocenters. The molecular formula is C10H6ClN3O4S2. The summed E-state index contributed by atoms with van der Waals surface area (Å²) in [7, 11) is 0. The molecule has 1 N–H and O–H groups in total. The van der Waals surface area contributed by atoms with Gasteiger partial charge in [-0.1, -0.05) is 11.6 Å². The normalized spacial score (nSPS) is 10.4. The molecule has 0 bridgehead atoms. The standard InChI is InChI=1S/C10H6ClN3O4S2/c11-7-2-6(14(17)18)3-12-9(7)20-10-13-5(4-19-10)1-8(15)16/h2-4H,1H2,(H,15,16). The first-order valence-electron chi connectivity index (χ1n) is 5.09. The van der Waals surface area contributed by atoms with Gasteiger partial charge in [-0.3, -0.25) is 14.9 Å². The van der Waals surface area contributed by atoms with Crippen molar-refractivity contribution in [3.05, 3.63) is 38.5 Å². The molecule has 0 amide bonds. The van der Waals surface area contributed by atoms with Gasteiger partial charge in [0.2, 0.25) is 0 Å². The van der Waals surface area contributed by atoms with E-state index in [1.165, 1.54) is 17.4 Å². The first kappa shape index (κ1) is 14.7. The van der Waals surface area contributed by atoms with Crippen molar-refractivity contribution in [3.8, 4) is 0 Å². The van der Waals surface area contributed by atoms with E-state index in [2.05, 4.69) is 9.97 Å². The van der Waals surface area contributed by atoms with Gasteiger partial charge >= 0.3 is 5.97 Å². The van der Waals surface area contributed by atoms with Gasteiger partial charge < -0.3 is 5.11 Å². The van der Waals surface area contributed by atoms with E-state index in [0.717, 1.165) is 18.0 Å². The lowest BCUT2D eigenvalue weighted by atomic mass is 10.3. The Balaban J connectivity index is 2.15. The molecule has 0 unspecified atom stereocenters. The third kappa shape index (κ3) is 3.65. The van der Waals surface area contributed by atoms with Gasteiger partial charge in [0, 0.05) is 11.4 Å². The number of aliphatic carboxylic acids is 1. The summed E-state index contributed by atoms with van der Waals surface area (Å²) < 4.78 is 0.574. The van der Waals surface area contributed by atoms with E-state index in [0.29, 0.717) is 15.1 Å². The number of hydrogen-bond acceptors (Lipinski definition) is 7. The van der Waals surface area contributed by atoms with Crippen LogP contribution in [-0.2, 0) is 11.2 Å². The molecule has 0 aromatic carbocycles. The SMILES string of the molecule is O=C(O)Cc1csc(Sc2ncc([N+](=O)[O-])cc2Cl)n1. The van der Waals surface area contributed by atoms with Crippen molar-refractivity contribution < 1.29 is 14.8 Å². The molecule has 0 aliphatic heterocycles. The Morgan fingerprint density at radius 1 is 1.60 bits per heavy atom. The maximum Gasteiger partial charge on any atom is 0.309 e. The number of nitro groups is 1. The first-order valence-corrected chi connectivity index (χ1v) is 7.17. The number of pyridine rings is 1. The van der Waals surface area contributed by atoms with Crippen molar-refractivity contribution >= 4 is 46.4 Å². The van der Waals surface area contributed by atoms with Crippen LogP contribution in [0.15, 0.2) is 27.0 Å². The first-order chi connectivity index (χ1) is 9.45. The van der Waals surface area contributed by atoms with Crippen LogP contribution in [0.4, 0.5) is 5.69 Å². The molecule has 2 aromatic rings. The van der Waals surface area contributed by atoms with E-state index in [1.54, 1.807) is 5.38 Å². The number of hydrogen-bond donors (Lipinski definition) is 1. The topological polar surface area (TPSA) is 106 Å². The Hall–Kier alpha value is -1.71. The molecule has 7 nitrogen and oxygen atoms in total. The number of carbonyl (C=O) groups is 1. The molecule has 0 fully saturated rings. The molecule has 0 spiro atoms. The smallest absolute Gasteiger partial charge is 0.309 e. The van der Waals surface area contributed by atoms with Crippen LogP contribution in [-0.4, -0.2) is 26.0 Å². The van der Waals surface area contributed by atoms with Crippen molar-refractivity contribution in [2.24, 2.45) is 0 Å². The molecule has 2 heterocycles. The number of halogens is 1. The summed E-state index contributed by atoms with van der Waals surface area (Å²) in [4.78, 5) is 28.6. The number of aromatic nitrogens is 2. The fourth-order valence-electron chi connectivity index (χ4n) is 1.24. The van der Waals surface area contributed by atoms with Gasteiger partial charge in [0.25, 0.3) is 5.69 Å². The highest BCUT2D eigenvalue weighted by molar-refractivity contribution is 8.01. The van der Waals surface area contributed by atoms with Gasteiger partial charge in [0.15, 0.2) is 4.34 Å². The third-order valence-electron chi connectivity index (χ3n) is 2.05. The molecular weight excluding hydrogens is 326 g/mol. The molecule has 2 aromatic heterocycles. The highest BCUT2D eigenvalue weighted by atomic mass is 35.5. The van der Waals surface area contributed by atoms with Gasteiger partial charge in [-0.15, -0.1) is 11.3 Å². The fourth-order valence-corrected chi connectivity index (χ4v) is 3.23. The minimum atomic E-state index is -0.960. The minimum Gasteiger partial charge on any atom is -0.481 e. The van der Waals surface area contributed by atoms with Gasteiger partial charge in [-0.2, -0.15) is 0 Å². The zero-order valence-electron chi connectivity index (χ0n) is 9.65. The van der Waals surface area contributed by atoms with Crippen molar-refractivity contribution in [2.45, 2.75) is 15.8 Å². The second kappa shape index (κ2) is 6.16. The van der Waals surface area contributed by atoms with E-state index >= 15 is 0 Å². The van der Waals surface area contributed by atoms with Gasteiger partial charge in [-0.25, -0.2) is 9.97 Å². The largest absolute Gasteiger partial charge is 0.481 e. The number of nitrogens with zero attached hydrogens (tertiary/aromatic N) is 3. The Bertz CT molecular complexity index is 676. The second-order valence-corrected chi connectivity index (χ2v) is 6.02. The molecule has 0 saturated heterocycles. The van der Waals surface area contributed by atoms with Gasteiger partial charge in [0.05, 0.1) is 22.1 Å². The summed E-state index contributed by atoms with van der Waals surface area (Å²) >= 11 is 8.30. The summed E-state index contributed by atoms with van der Waals surface area (Å²) in [6, 6.07) is 1.21. The summed E-state index contributed by atoms with van der Waals surface area (Å²) in [6.07, 6.45) is 0.957. The maximum atomic E-state index is 10.6. The predicted molar refractivity (Wildman–Crippen MR) is 73.5 cm³/mol. The van der Waals surface area contributed by atoms with E-state index in [4.69, 9.17) is 16.7 Å². The van der Waals surface area contributed by atoms with Gasteiger partial charge in [-0.05, 0) is 11.8 Å². The van der Waals surface area contributed by atoms with Crippen LogP contribution in [0.5, 0.6) is 0 Å². The summed E-state index contributed by atoms with van der Waals surface area (Å²) in [6.45, 7) is 0.